The third kappa shape index (κ3) is 3.78. The van der Waals surface area contributed by atoms with Crippen molar-refractivity contribution in [3.63, 3.8) is 0 Å². The molecule has 0 aliphatic heterocycles. The van der Waals surface area contributed by atoms with Crippen molar-refractivity contribution in [1.82, 2.24) is 4.31 Å². The minimum Gasteiger partial charge on any atom is -0.493 e. The van der Waals surface area contributed by atoms with E-state index in [9.17, 15) is 8.42 Å². The second-order valence-corrected chi connectivity index (χ2v) is 7.80. The maximum absolute atomic E-state index is 12.8. The Balaban J connectivity index is 2.34. The van der Waals surface area contributed by atoms with Crippen LogP contribution in [0, 0.1) is 0 Å². The molecule has 0 unspecified atom stereocenters. The predicted octanol–water partition coefficient (Wildman–Crippen LogP) is 3.83. The average Bonchev–Trinajstić information content (AvgIpc) is 2.54. The number of hydrogen-bond donors (Lipinski definition) is 0. The Labute approximate surface area is 151 Å². The van der Waals surface area contributed by atoms with Crippen LogP contribution < -0.4 is 9.47 Å². The summed E-state index contributed by atoms with van der Waals surface area (Å²) in [6.45, 7) is 0.129. The molecular weight excluding hydrogens is 373 g/mol. The van der Waals surface area contributed by atoms with Gasteiger partial charge in [-0.05, 0) is 29.8 Å². The standard InChI is InChI=1S/C16H17Cl2NO4S/c1-19(10-11-7-8-14(22-2)15(9-11)23-3)24(20,21)16-12(17)5-4-6-13(16)18/h4-9H,10H2,1-3H3. The zero-order valence-electron chi connectivity index (χ0n) is 13.4. The zero-order valence-corrected chi connectivity index (χ0v) is 15.7. The summed E-state index contributed by atoms with van der Waals surface area (Å²) < 4.78 is 37.1. The maximum Gasteiger partial charge on any atom is 0.246 e. The summed E-state index contributed by atoms with van der Waals surface area (Å²) in [4.78, 5) is -0.101. The van der Waals surface area contributed by atoms with Crippen molar-refractivity contribution in [3.8, 4) is 11.5 Å². The molecule has 0 saturated carbocycles. The van der Waals surface area contributed by atoms with E-state index in [1.807, 2.05) is 0 Å². The quantitative estimate of drug-likeness (QED) is 0.752. The van der Waals surface area contributed by atoms with Crippen LogP contribution in [0.3, 0.4) is 0 Å². The Hall–Kier alpha value is -1.47. The normalized spacial score (nSPS) is 11.6. The molecule has 0 amide bonds. The van der Waals surface area contributed by atoms with Gasteiger partial charge in [0.2, 0.25) is 10.0 Å². The Kier molecular flexibility index (Phi) is 5.98. The van der Waals surface area contributed by atoms with Gasteiger partial charge in [-0.3, -0.25) is 0 Å². The summed E-state index contributed by atoms with van der Waals surface area (Å²) in [5.41, 5.74) is 0.738. The molecule has 0 aliphatic rings. The van der Waals surface area contributed by atoms with E-state index < -0.39 is 10.0 Å². The first-order valence-corrected chi connectivity index (χ1v) is 9.12. The first kappa shape index (κ1) is 18.9. The summed E-state index contributed by atoms with van der Waals surface area (Å²) in [5.74, 6) is 1.09. The van der Waals surface area contributed by atoms with E-state index >= 15 is 0 Å². The van der Waals surface area contributed by atoms with E-state index in [1.165, 1.54) is 37.7 Å². The van der Waals surface area contributed by atoms with E-state index in [0.717, 1.165) is 5.56 Å². The van der Waals surface area contributed by atoms with E-state index in [-0.39, 0.29) is 21.5 Å². The maximum atomic E-state index is 12.8. The highest BCUT2D eigenvalue weighted by Gasteiger charge is 2.26. The van der Waals surface area contributed by atoms with Crippen LogP contribution in [-0.2, 0) is 16.6 Å². The first-order valence-electron chi connectivity index (χ1n) is 6.92. The van der Waals surface area contributed by atoms with Gasteiger partial charge >= 0.3 is 0 Å². The fraction of sp³-hybridized carbons (Fsp3) is 0.250. The average molecular weight is 390 g/mol. The summed E-state index contributed by atoms with van der Waals surface area (Å²) in [6.07, 6.45) is 0. The van der Waals surface area contributed by atoms with Gasteiger partial charge in [0.25, 0.3) is 0 Å². The van der Waals surface area contributed by atoms with Crippen LogP contribution in [0.5, 0.6) is 11.5 Å². The molecule has 0 N–H and O–H groups in total. The zero-order chi connectivity index (χ0) is 17.9. The number of benzene rings is 2. The Bertz CT molecular complexity index is 820. The molecule has 24 heavy (non-hydrogen) atoms. The van der Waals surface area contributed by atoms with Gasteiger partial charge in [0.05, 0.1) is 24.3 Å². The van der Waals surface area contributed by atoms with Crippen LogP contribution >= 0.6 is 23.2 Å². The number of hydrogen-bond acceptors (Lipinski definition) is 4. The number of halogens is 2. The second kappa shape index (κ2) is 7.61. The summed E-state index contributed by atoms with van der Waals surface area (Å²) in [7, 11) is 0.682. The third-order valence-electron chi connectivity index (χ3n) is 3.44. The van der Waals surface area contributed by atoms with E-state index in [0.29, 0.717) is 11.5 Å². The molecule has 5 nitrogen and oxygen atoms in total. The van der Waals surface area contributed by atoms with Crippen LogP contribution in [0.15, 0.2) is 41.3 Å². The van der Waals surface area contributed by atoms with E-state index in [1.54, 1.807) is 24.3 Å². The van der Waals surface area contributed by atoms with Crippen LogP contribution in [0.1, 0.15) is 5.56 Å². The van der Waals surface area contributed by atoms with Gasteiger partial charge in [0, 0.05) is 13.6 Å². The molecule has 130 valence electrons. The minimum absolute atomic E-state index is 0.0849. The molecule has 0 bridgehead atoms. The predicted molar refractivity (Wildman–Crippen MR) is 94.7 cm³/mol. The van der Waals surface area contributed by atoms with Gasteiger partial charge in [0.1, 0.15) is 4.90 Å². The summed E-state index contributed by atoms with van der Waals surface area (Å²) in [5, 5.41) is 0.170. The van der Waals surface area contributed by atoms with Crippen molar-refractivity contribution >= 4 is 33.2 Å². The third-order valence-corrected chi connectivity index (χ3v) is 6.20. The first-order chi connectivity index (χ1) is 11.3. The summed E-state index contributed by atoms with van der Waals surface area (Å²) in [6, 6.07) is 9.78. The van der Waals surface area contributed by atoms with Crippen LogP contribution in [-0.4, -0.2) is 34.0 Å². The molecule has 2 aromatic carbocycles. The Morgan fingerprint density at radius 1 is 1.00 bits per heavy atom. The molecule has 0 atom stereocenters. The Morgan fingerprint density at radius 2 is 1.58 bits per heavy atom. The van der Waals surface area contributed by atoms with Gasteiger partial charge in [-0.2, -0.15) is 4.31 Å². The lowest BCUT2D eigenvalue weighted by Gasteiger charge is -2.19. The molecule has 0 radical (unpaired) electrons. The lowest BCUT2D eigenvalue weighted by atomic mass is 10.2. The second-order valence-electron chi connectivity index (χ2n) is 5.00. The van der Waals surface area contributed by atoms with Gasteiger partial charge < -0.3 is 9.47 Å². The molecule has 2 aromatic rings. The van der Waals surface area contributed by atoms with Crippen molar-refractivity contribution in [3.05, 3.63) is 52.0 Å². The fourth-order valence-electron chi connectivity index (χ4n) is 2.21. The number of sulfonamides is 1. The van der Waals surface area contributed by atoms with Crippen molar-refractivity contribution in [2.24, 2.45) is 0 Å². The molecule has 0 aliphatic carbocycles. The molecule has 8 heteroatoms. The lowest BCUT2D eigenvalue weighted by Crippen LogP contribution is -2.27. The van der Waals surface area contributed by atoms with Gasteiger partial charge in [-0.15, -0.1) is 0 Å². The Morgan fingerprint density at radius 3 is 2.12 bits per heavy atom. The summed E-state index contributed by atoms with van der Waals surface area (Å²) >= 11 is 12.0. The number of ether oxygens (including phenoxy) is 2. The van der Waals surface area contributed by atoms with Gasteiger partial charge in [-0.25, -0.2) is 8.42 Å². The highest BCUT2D eigenvalue weighted by Crippen LogP contribution is 2.32. The monoisotopic (exact) mass is 389 g/mol. The number of methoxy groups -OCH3 is 2. The van der Waals surface area contributed by atoms with Crippen molar-refractivity contribution in [1.29, 1.82) is 0 Å². The van der Waals surface area contributed by atoms with Gasteiger partial charge in [-0.1, -0.05) is 35.3 Å². The van der Waals surface area contributed by atoms with Gasteiger partial charge in [0.15, 0.2) is 11.5 Å². The molecule has 0 heterocycles. The van der Waals surface area contributed by atoms with E-state index in [2.05, 4.69) is 0 Å². The minimum atomic E-state index is -3.84. The SMILES string of the molecule is COc1ccc(CN(C)S(=O)(=O)c2c(Cl)cccc2Cl)cc1OC. The molecule has 2 rings (SSSR count). The van der Waals surface area contributed by atoms with Crippen molar-refractivity contribution in [2.75, 3.05) is 21.3 Å². The molecule has 0 aromatic heterocycles. The lowest BCUT2D eigenvalue weighted by molar-refractivity contribution is 0.354. The van der Waals surface area contributed by atoms with E-state index in [4.69, 9.17) is 32.7 Å². The topological polar surface area (TPSA) is 55.8 Å². The highest BCUT2D eigenvalue weighted by molar-refractivity contribution is 7.89. The smallest absolute Gasteiger partial charge is 0.246 e. The largest absolute Gasteiger partial charge is 0.493 e. The fourth-order valence-corrected chi connectivity index (χ4v) is 4.45. The molecular formula is C16H17Cl2NO4S. The molecule has 0 spiro atoms. The van der Waals surface area contributed by atoms with Crippen molar-refractivity contribution in [2.45, 2.75) is 11.4 Å². The molecule has 0 fully saturated rings. The molecule has 0 saturated heterocycles. The van der Waals surface area contributed by atoms with Crippen LogP contribution in [0.25, 0.3) is 0 Å². The number of rotatable bonds is 6. The highest BCUT2D eigenvalue weighted by atomic mass is 35.5. The van der Waals surface area contributed by atoms with Crippen molar-refractivity contribution < 1.29 is 17.9 Å². The number of nitrogens with zero attached hydrogens (tertiary/aromatic N) is 1. The van der Waals surface area contributed by atoms with Crippen LogP contribution in [0.2, 0.25) is 10.0 Å². The van der Waals surface area contributed by atoms with Crippen LogP contribution in [0.4, 0.5) is 0 Å².